The Hall–Kier alpha value is 0.921. The highest BCUT2D eigenvalue weighted by molar-refractivity contribution is 7.80. The summed E-state index contributed by atoms with van der Waals surface area (Å²) in [5, 5.41) is 0. The standard InChI is InChI=1S/C10H28O2SSi3/c1-15(2,3)11-10(12-16(4,5)6)14-9-7-8-13/h10,13H,7-9,14H2,1-6H3. The molecule has 0 N–H and O–H groups in total. The van der Waals surface area contributed by atoms with E-state index in [-0.39, 0.29) is 15.4 Å². The van der Waals surface area contributed by atoms with E-state index in [0.717, 1.165) is 5.75 Å². The predicted octanol–water partition coefficient (Wildman–Crippen LogP) is 2.88. The molecule has 0 aromatic carbocycles. The fourth-order valence-electron chi connectivity index (χ4n) is 1.35. The summed E-state index contributed by atoms with van der Waals surface area (Å²) in [7, 11) is -3.20. The van der Waals surface area contributed by atoms with Crippen LogP contribution in [0.25, 0.3) is 0 Å². The summed E-state index contributed by atoms with van der Waals surface area (Å²) >= 11 is 4.25. The van der Waals surface area contributed by atoms with Gasteiger partial charge in [-0.15, -0.1) is 0 Å². The third-order valence-corrected chi connectivity index (χ3v) is 6.45. The Kier molecular flexibility index (Phi) is 7.80. The van der Waals surface area contributed by atoms with Crippen LogP contribution in [0, 0.1) is 0 Å². The maximum Gasteiger partial charge on any atom is 0.186 e. The topological polar surface area (TPSA) is 18.5 Å². The molecular formula is C10H28O2SSi3. The van der Waals surface area contributed by atoms with Gasteiger partial charge in [-0.2, -0.15) is 12.6 Å². The summed E-state index contributed by atoms with van der Waals surface area (Å²) in [5.41, 5.74) is 0. The van der Waals surface area contributed by atoms with Crippen LogP contribution < -0.4 is 0 Å². The van der Waals surface area contributed by atoms with Crippen molar-refractivity contribution in [2.24, 2.45) is 0 Å². The third kappa shape index (κ3) is 11.4. The van der Waals surface area contributed by atoms with Crippen LogP contribution in [0.5, 0.6) is 0 Å². The van der Waals surface area contributed by atoms with Crippen molar-refractivity contribution in [1.29, 1.82) is 0 Å². The molecular weight excluding hydrogens is 268 g/mol. The molecule has 0 bridgehead atoms. The molecule has 0 saturated heterocycles. The first-order valence-electron chi connectivity index (χ1n) is 6.10. The van der Waals surface area contributed by atoms with Crippen LogP contribution in [0.3, 0.4) is 0 Å². The molecule has 0 amide bonds. The highest BCUT2D eigenvalue weighted by Gasteiger charge is 2.26. The van der Waals surface area contributed by atoms with Crippen LogP contribution in [0.4, 0.5) is 0 Å². The van der Waals surface area contributed by atoms with Gasteiger partial charge in [0.05, 0.1) is 9.52 Å². The lowest BCUT2D eigenvalue weighted by Crippen LogP contribution is -2.42. The first-order chi connectivity index (χ1) is 7.14. The van der Waals surface area contributed by atoms with Crippen LogP contribution in [-0.4, -0.2) is 37.8 Å². The molecule has 0 aliphatic carbocycles. The summed E-state index contributed by atoms with van der Waals surface area (Å²) in [5.74, 6) is 1.14. The number of thiol groups is 1. The van der Waals surface area contributed by atoms with Crippen molar-refractivity contribution in [2.75, 3.05) is 5.75 Å². The normalized spacial score (nSPS) is 14.2. The molecule has 0 atom stereocenters. The van der Waals surface area contributed by atoms with Crippen LogP contribution in [-0.2, 0) is 8.85 Å². The molecule has 0 aliphatic rings. The minimum atomic E-state index is -1.47. The third-order valence-electron chi connectivity index (χ3n) is 1.82. The van der Waals surface area contributed by atoms with Gasteiger partial charge in [0.2, 0.25) is 0 Å². The van der Waals surface area contributed by atoms with Gasteiger partial charge in [0.15, 0.2) is 16.6 Å². The fraction of sp³-hybridized carbons (Fsp3) is 1.00. The van der Waals surface area contributed by atoms with Gasteiger partial charge in [-0.1, -0.05) is 6.04 Å². The average Bonchev–Trinajstić information content (AvgIpc) is 1.97. The second-order valence-corrected chi connectivity index (χ2v) is 17.4. The van der Waals surface area contributed by atoms with Gasteiger partial charge in [-0.25, -0.2) is 0 Å². The molecule has 0 rings (SSSR count). The molecule has 16 heavy (non-hydrogen) atoms. The Morgan fingerprint density at radius 1 is 1.00 bits per heavy atom. The van der Waals surface area contributed by atoms with Crippen molar-refractivity contribution in [3.8, 4) is 0 Å². The average molecular weight is 297 g/mol. The lowest BCUT2D eigenvalue weighted by atomic mass is 10.6. The van der Waals surface area contributed by atoms with Crippen molar-refractivity contribution < 1.29 is 8.85 Å². The second kappa shape index (κ2) is 7.38. The Bertz CT molecular complexity index is 173. The Labute approximate surface area is 111 Å². The zero-order valence-electron chi connectivity index (χ0n) is 11.7. The molecule has 0 fully saturated rings. The van der Waals surface area contributed by atoms with Crippen LogP contribution in [0.2, 0.25) is 45.3 Å². The smallest absolute Gasteiger partial charge is 0.186 e. The lowest BCUT2D eigenvalue weighted by Gasteiger charge is -2.31. The van der Waals surface area contributed by atoms with E-state index in [0.29, 0.717) is 0 Å². The van der Waals surface area contributed by atoms with E-state index in [2.05, 4.69) is 51.9 Å². The molecule has 98 valence electrons. The van der Waals surface area contributed by atoms with Gasteiger partial charge in [-0.05, 0) is 51.5 Å². The van der Waals surface area contributed by atoms with Gasteiger partial charge in [0.1, 0.15) is 5.91 Å². The van der Waals surface area contributed by atoms with Crippen molar-refractivity contribution in [1.82, 2.24) is 0 Å². The van der Waals surface area contributed by atoms with E-state index in [9.17, 15) is 0 Å². The molecule has 0 spiro atoms. The SMILES string of the molecule is C[Si](C)(C)OC(O[Si](C)(C)C)[SiH2]CCCS. The molecule has 6 heteroatoms. The molecule has 0 heterocycles. The molecule has 0 aromatic heterocycles. The van der Waals surface area contributed by atoms with Gasteiger partial charge in [0, 0.05) is 0 Å². The van der Waals surface area contributed by atoms with Crippen molar-refractivity contribution in [2.45, 2.75) is 57.7 Å². The number of hydrogen-bond acceptors (Lipinski definition) is 3. The molecule has 0 unspecified atom stereocenters. The van der Waals surface area contributed by atoms with E-state index in [4.69, 9.17) is 8.85 Å². The van der Waals surface area contributed by atoms with Crippen molar-refractivity contribution in [3.63, 3.8) is 0 Å². The van der Waals surface area contributed by atoms with Crippen LogP contribution in [0.15, 0.2) is 0 Å². The summed E-state index contributed by atoms with van der Waals surface area (Å²) in [4.78, 5) is 0. The summed E-state index contributed by atoms with van der Waals surface area (Å²) in [6.07, 6.45) is 1.20. The van der Waals surface area contributed by atoms with E-state index >= 15 is 0 Å². The second-order valence-electron chi connectivity index (χ2n) is 6.11. The Morgan fingerprint density at radius 2 is 1.44 bits per heavy atom. The first kappa shape index (κ1) is 16.9. The maximum absolute atomic E-state index is 6.15. The Balaban J connectivity index is 4.17. The van der Waals surface area contributed by atoms with Crippen LogP contribution >= 0.6 is 12.6 Å². The lowest BCUT2D eigenvalue weighted by molar-refractivity contribution is 0.0605. The van der Waals surface area contributed by atoms with Crippen molar-refractivity contribution >= 4 is 38.8 Å². The van der Waals surface area contributed by atoms with E-state index in [1.165, 1.54) is 12.5 Å². The minimum absolute atomic E-state index is 0.151. The maximum atomic E-state index is 6.15. The van der Waals surface area contributed by atoms with Gasteiger partial charge in [0.25, 0.3) is 0 Å². The zero-order chi connectivity index (χ0) is 12.8. The number of hydrogen-bond donors (Lipinski definition) is 1. The van der Waals surface area contributed by atoms with E-state index in [1.54, 1.807) is 0 Å². The summed E-state index contributed by atoms with van der Waals surface area (Å²) < 4.78 is 12.3. The zero-order valence-corrected chi connectivity index (χ0v) is 16.0. The van der Waals surface area contributed by atoms with E-state index in [1.807, 2.05) is 0 Å². The number of rotatable bonds is 8. The van der Waals surface area contributed by atoms with Crippen LogP contribution in [0.1, 0.15) is 6.42 Å². The minimum Gasteiger partial charge on any atom is -0.398 e. The summed E-state index contributed by atoms with van der Waals surface area (Å²) in [6.45, 7) is 13.4. The monoisotopic (exact) mass is 296 g/mol. The van der Waals surface area contributed by atoms with Gasteiger partial charge >= 0.3 is 0 Å². The van der Waals surface area contributed by atoms with Gasteiger partial charge < -0.3 is 8.85 Å². The first-order valence-corrected chi connectivity index (χ1v) is 15.4. The molecule has 2 nitrogen and oxygen atoms in total. The summed E-state index contributed by atoms with van der Waals surface area (Å²) in [6, 6.07) is 1.28. The molecule has 0 aliphatic heterocycles. The van der Waals surface area contributed by atoms with Crippen molar-refractivity contribution in [3.05, 3.63) is 0 Å². The largest absolute Gasteiger partial charge is 0.398 e. The predicted molar refractivity (Wildman–Crippen MR) is 84.5 cm³/mol. The highest BCUT2D eigenvalue weighted by Crippen LogP contribution is 2.14. The quantitative estimate of drug-likeness (QED) is 0.321. The fourth-order valence-corrected chi connectivity index (χ4v) is 8.58. The molecule has 0 aromatic rings. The molecule has 0 radical (unpaired) electrons. The van der Waals surface area contributed by atoms with Gasteiger partial charge in [-0.3, -0.25) is 0 Å². The molecule has 0 saturated carbocycles. The highest BCUT2D eigenvalue weighted by atomic mass is 32.1. The Morgan fingerprint density at radius 3 is 1.75 bits per heavy atom. The van der Waals surface area contributed by atoms with E-state index < -0.39 is 16.6 Å².